The van der Waals surface area contributed by atoms with Crippen molar-refractivity contribution < 1.29 is 30.8 Å². The maximum absolute atomic E-state index is 16.2. The second-order valence-electron chi connectivity index (χ2n) is 23.6. The van der Waals surface area contributed by atoms with Gasteiger partial charge in [0.15, 0.2) is 23.3 Å². The van der Waals surface area contributed by atoms with Crippen LogP contribution in [0.4, 0.5) is 33.3 Å². The summed E-state index contributed by atoms with van der Waals surface area (Å²) in [5.74, 6) is -8.05. The van der Waals surface area contributed by atoms with Crippen molar-refractivity contribution in [3.8, 4) is 11.5 Å². The lowest BCUT2D eigenvalue weighted by atomic mass is 10.0. The molecule has 0 atom stereocenters. The van der Waals surface area contributed by atoms with Gasteiger partial charge < -0.3 is 18.7 Å². The lowest BCUT2D eigenvalue weighted by Gasteiger charge is -2.55. The second kappa shape index (κ2) is 16.3. The molecule has 0 amide bonds. The molecule has 1 aliphatic heterocycles. The highest BCUT2D eigenvalue weighted by molar-refractivity contribution is 7.88. The molecule has 3 aromatic rings. The number of aryl methyl sites for hydroxylation is 4. The van der Waals surface area contributed by atoms with Crippen LogP contribution in [0.25, 0.3) is 0 Å². The van der Waals surface area contributed by atoms with E-state index in [4.69, 9.17) is 8.85 Å². The fraction of sp³-hybridized carbons (Fsp3) is 0.581. The predicted octanol–water partition coefficient (Wildman–Crippen LogP) is 13.8. The van der Waals surface area contributed by atoms with Gasteiger partial charge in [0.25, 0.3) is 0 Å². The molecular weight excluding hydrogens is 896 g/mol. The summed E-state index contributed by atoms with van der Waals surface area (Å²) in [6.07, 6.45) is -1.33. The van der Waals surface area contributed by atoms with Crippen LogP contribution in [0.3, 0.4) is 0 Å². The predicted molar refractivity (Wildman–Crippen MR) is 268 cm³/mol. The summed E-state index contributed by atoms with van der Waals surface area (Å²) in [5, 5.41) is 0. The van der Waals surface area contributed by atoms with Gasteiger partial charge in [0, 0.05) is 24.5 Å². The first-order valence-corrected chi connectivity index (χ1v) is 52.3. The molecule has 1 heterocycles. The molecule has 336 valence electrons. The summed E-state index contributed by atoms with van der Waals surface area (Å²) in [7, 11) is -10.9. The molecule has 0 N–H and O–H groups in total. The zero-order chi connectivity index (χ0) is 46.5. The molecule has 0 unspecified atom stereocenters. The van der Waals surface area contributed by atoms with Crippen LogP contribution >= 0.6 is 0 Å². The van der Waals surface area contributed by atoms with Crippen LogP contribution in [0, 0.1) is 56.8 Å². The van der Waals surface area contributed by atoms with Crippen molar-refractivity contribution in [1.82, 2.24) is 0 Å². The van der Waals surface area contributed by atoms with Gasteiger partial charge in [0.1, 0.15) is 17.7 Å². The van der Waals surface area contributed by atoms with E-state index in [-0.39, 0.29) is 13.1 Å². The van der Waals surface area contributed by atoms with E-state index >= 15 is 17.6 Å². The third-order valence-electron chi connectivity index (χ3n) is 13.1. The molecule has 0 bridgehead atoms. The molecule has 0 aromatic heterocycles. The van der Waals surface area contributed by atoms with E-state index in [1.54, 1.807) is 0 Å². The van der Waals surface area contributed by atoms with Gasteiger partial charge in [-0.25, -0.2) is 22.0 Å². The van der Waals surface area contributed by atoms with Gasteiger partial charge in [0.05, 0.1) is 51.1 Å². The molecule has 1 aliphatic rings. The molecule has 3 aromatic carbocycles. The van der Waals surface area contributed by atoms with Crippen molar-refractivity contribution in [2.24, 2.45) is 0 Å². The van der Waals surface area contributed by atoms with E-state index < -0.39 is 100 Å². The zero-order valence-electron chi connectivity index (χ0n) is 40.9. The number of halogens is 5. The lowest BCUT2D eigenvalue weighted by molar-refractivity contribution is 0.364. The van der Waals surface area contributed by atoms with Crippen LogP contribution in [0.5, 0.6) is 11.5 Å². The van der Waals surface area contributed by atoms with Crippen molar-refractivity contribution in [2.45, 2.75) is 152 Å². The second-order valence-corrected chi connectivity index (χ2v) is 102. The fourth-order valence-electron chi connectivity index (χ4n) is 13.1. The minimum absolute atomic E-state index is 0.289. The van der Waals surface area contributed by atoms with Gasteiger partial charge in [-0.1, -0.05) is 118 Å². The third-order valence-corrected chi connectivity index (χ3v) is 148. The monoisotopic (exact) mass is 970 g/mol. The van der Waals surface area contributed by atoms with Crippen LogP contribution in [0.1, 0.15) is 34.0 Å². The van der Waals surface area contributed by atoms with Gasteiger partial charge >= 0.3 is 0 Å². The molecule has 0 radical (unpaired) electrons. The summed E-state index contributed by atoms with van der Waals surface area (Å²) in [6.45, 7) is 48.2. The van der Waals surface area contributed by atoms with Gasteiger partial charge in [-0.3, -0.25) is 0 Å². The Bertz CT molecular complexity index is 1870. The quantitative estimate of drug-likeness (QED) is 0.0737. The fourth-order valence-corrected chi connectivity index (χ4v) is 199. The summed E-state index contributed by atoms with van der Waals surface area (Å²) >= 11 is 0. The topological polar surface area (TPSA) is 24.9 Å². The van der Waals surface area contributed by atoms with E-state index in [0.29, 0.717) is 11.4 Å². The standard InChI is InChI=1S/C43H75F5N2O2Si8/c1-29-25-33(51-59(53(5,6)7,54(8,9)10)55(11,12)13)26-30(2)41(29)49-23-24-50(43(49)35-36(44)38(46)40(48)39(47)37(35)45)42-31(3)27-34(28-32(42)4)52-60(56(14,15)16,57(17,18)19)58(20,21)22/h25-28,43H,23-24H2,1-22H3. The molecule has 4 nitrogen and oxygen atoms in total. The van der Waals surface area contributed by atoms with Crippen molar-refractivity contribution in [3.05, 3.63) is 81.2 Å². The highest BCUT2D eigenvalue weighted by Gasteiger charge is 2.66. The Kier molecular flexibility index (Phi) is 13.9. The summed E-state index contributed by atoms with van der Waals surface area (Å²) < 4.78 is 92.6. The van der Waals surface area contributed by atoms with Crippen molar-refractivity contribution in [3.63, 3.8) is 0 Å². The van der Waals surface area contributed by atoms with E-state index in [2.05, 4.69) is 118 Å². The maximum atomic E-state index is 16.2. The smallest absolute Gasteiger partial charge is 0.206 e. The minimum Gasteiger partial charge on any atom is -0.552 e. The van der Waals surface area contributed by atoms with Crippen molar-refractivity contribution in [1.29, 1.82) is 0 Å². The van der Waals surface area contributed by atoms with Crippen LogP contribution in [-0.2, 0) is 0 Å². The Labute approximate surface area is 366 Å². The highest BCUT2D eigenvalue weighted by Crippen LogP contribution is 2.48. The molecular formula is C43H75F5N2O2Si8. The Morgan fingerprint density at radius 3 is 0.833 bits per heavy atom. The average Bonchev–Trinajstić information content (AvgIpc) is 3.43. The highest BCUT2D eigenvalue weighted by atomic mass is 29.9. The number of nitrogens with zero attached hydrogens (tertiary/aromatic N) is 2. The van der Waals surface area contributed by atoms with Gasteiger partial charge in [-0.15, -0.1) is 0 Å². The SMILES string of the molecule is Cc1cc(O[Si]([Si](C)(C)C)([Si](C)(C)C)[Si](C)(C)C)cc(C)c1N1CCN(c2c(C)cc(O[Si]([Si](C)(C)C)([Si](C)(C)C)[Si](C)(C)C)cc2C)C1c1c(F)c(F)c(F)c(F)c1F. The third kappa shape index (κ3) is 8.37. The molecule has 0 saturated carbocycles. The molecule has 17 heteroatoms. The maximum Gasteiger partial charge on any atom is 0.206 e. The Balaban J connectivity index is 1.98. The first kappa shape index (κ1) is 50.9. The molecule has 1 fully saturated rings. The number of anilines is 2. The summed E-state index contributed by atoms with van der Waals surface area (Å²) in [4.78, 5) is 3.66. The molecule has 0 spiro atoms. The summed E-state index contributed by atoms with van der Waals surface area (Å²) in [5.41, 5.74) is 3.85. The van der Waals surface area contributed by atoms with Crippen molar-refractivity contribution >= 4 is 70.7 Å². The van der Waals surface area contributed by atoms with Crippen molar-refractivity contribution in [2.75, 3.05) is 22.9 Å². The van der Waals surface area contributed by atoms with E-state index in [9.17, 15) is 4.39 Å². The lowest BCUT2D eigenvalue weighted by Crippen LogP contribution is -2.86. The Hall–Kier alpha value is -1.75. The van der Waals surface area contributed by atoms with Crippen LogP contribution < -0.4 is 18.7 Å². The van der Waals surface area contributed by atoms with Gasteiger partial charge in [0.2, 0.25) is 19.6 Å². The van der Waals surface area contributed by atoms with Gasteiger partial charge in [-0.2, -0.15) is 0 Å². The largest absolute Gasteiger partial charge is 0.552 e. The van der Waals surface area contributed by atoms with Crippen LogP contribution in [-0.4, -0.2) is 72.4 Å². The number of benzene rings is 3. The van der Waals surface area contributed by atoms with Gasteiger partial charge in [-0.05, 0) is 74.2 Å². The molecule has 60 heavy (non-hydrogen) atoms. The van der Waals surface area contributed by atoms with E-state index in [1.807, 2.05) is 61.8 Å². The molecule has 1 saturated heterocycles. The van der Waals surface area contributed by atoms with Crippen LogP contribution in [0.2, 0.25) is 118 Å². The van der Waals surface area contributed by atoms with Crippen LogP contribution in [0.15, 0.2) is 24.3 Å². The number of rotatable bonds is 13. The molecule has 4 rings (SSSR count). The average molecular weight is 972 g/mol. The number of hydrogen-bond donors (Lipinski definition) is 0. The minimum atomic E-state index is -2.28. The zero-order valence-corrected chi connectivity index (χ0v) is 48.9. The number of hydrogen-bond acceptors (Lipinski definition) is 4. The van der Waals surface area contributed by atoms with E-state index in [0.717, 1.165) is 33.8 Å². The Morgan fingerprint density at radius 2 is 0.617 bits per heavy atom. The Morgan fingerprint density at radius 1 is 0.400 bits per heavy atom. The summed E-state index contributed by atoms with van der Waals surface area (Å²) in [6, 6.07) is 8.16. The van der Waals surface area contributed by atoms with E-state index in [1.165, 1.54) is 0 Å². The first-order valence-electron chi connectivity index (χ1n) is 21.5. The molecule has 0 aliphatic carbocycles. The normalized spacial score (nSPS) is 15.7. The first-order chi connectivity index (χ1) is 26.8.